The van der Waals surface area contributed by atoms with Crippen LogP contribution in [0.25, 0.3) is 16.3 Å². The Morgan fingerprint density at radius 3 is 2.67 bits per heavy atom. The average Bonchev–Trinajstić information content (AvgIpc) is 3.26. The SMILES string of the molecule is Cc1nc2nccc(C(=O)Nc3nnc(-c4ccc(C(C)C)cc4)s3)n2n1. The van der Waals surface area contributed by atoms with Gasteiger partial charge in [0, 0.05) is 11.8 Å². The average molecular weight is 379 g/mol. The smallest absolute Gasteiger partial charge is 0.276 e. The van der Waals surface area contributed by atoms with E-state index in [1.807, 2.05) is 12.1 Å². The number of aromatic nitrogens is 6. The van der Waals surface area contributed by atoms with E-state index in [2.05, 4.69) is 56.6 Å². The number of carbonyl (C=O) groups excluding carboxylic acids is 1. The highest BCUT2D eigenvalue weighted by Gasteiger charge is 2.16. The van der Waals surface area contributed by atoms with Crippen molar-refractivity contribution in [2.75, 3.05) is 5.32 Å². The van der Waals surface area contributed by atoms with Gasteiger partial charge in [-0.1, -0.05) is 49.4 Å². The number of carbonyl (C=O) groups is 1. The van der Waals surface area contributed by atoms with Gasteiger partial charge in [0.05, 0.1) is 0 Å². The van der Waals surface area contributed by atoms with E-state index in [-0.39, 0.29) is 5.91 Å². The van der Waals surface area contributed by atoms with Crippen LogP contribution in [0.4, 0.5) is 5.13 Å². The molecule has 3 heterocycles. The molecule has 0 saturated heterocycles. The zero-order valence-corrected chi connectivity index (χ0v) is 15.9. The van der Waals surface area contributed by atoms with Crippen molar-refractivity contribution in [1.29, 1.82) is 0 Å². The molecular weight excluding hydrogens is 362 g/mol. The summed E-state index contributed by atoms with van der Waals surface area (Å²) in [5.41, 5.74) is 2.57. The molecule has 4 aromatic rings. The molecule has 0 unspecified atom stereocenters. The van der Waals surface area contributed by atoms with Crippen LogP contribution in [0.15, 0.2) is 36.5 Å². The number of rotatable bonds is 4. The number of anilines is 1. The van der Waals surface area contributed by atoms with E-state index < -0.39 is 0 Å². The molecular formula is C18H17N7OS. The molecule has 1 amide bonds. The molecule has 0 spiro atoms. The van der Waals surface area contributed by atoms with Gasteiger partial charge in [-0.05, 0) is 24.5 Å². The second-order valence-corrected chi connectivity index (χ2v) is 7.32. The molecule has 1 aromatic carbocycles. The van der Waals surface area contributed by atoms with Gasteiger partial charge in [0.1, 0.15) is 16.5 Å². The lowest BCUT2D eigenvalue weighted by Gasteiger charge is -2.04. The number of benzene rings is 1. The third-order valence-corrected chi connectivity index (χ3v) is 4.94. The quantitative estimate of drug-likeness (QED) is 0.584. The zero-order chi connectivity index (χ0) is 19.0. The second-order valence-electron chi connectivity index (χ2n) is 6.34. The summed E-state index contributed by atoms with van der Waals surface area (Å²) in [5, 5.41) is 16.4. The maximum Gasteiger partial charge on any atom is 0.276 e. The molecule has 0 atom stereocenters. The van der Waals surface area contributed by atoms with Crippen LogP contribution in [0.2, 0.25) is 0 Å². The first-order valence-corrected chi connectivity index (χ1v) is 9.26. The maximum absolute atomic E-state index is 12.6. The van der Waals surface area contributed by atoms with Crippen LogP contribution in [0.1, 0.15) is 41.6 Å². The van der Waals surface area contributed by atoms with Crippen LogP contribution >= 0.6 is 11.3 Å². The van der Waals surface area contributed by atoms with Gasteiger partial charge in [-0.25, -0.2) is 4.98 Å². The largest absolute Gasteiger partial charge is 0.295 e. The maximum atomic E-state index is 12.6. The minimum Gasteiger partial charge on any atom is -0.295 e. The first kappa shape index (κ1) is 17.2. The molecule has 0 aliphatic carbocycles. The molecule has 0 bridgehead atoms. The molecule has 0 radical (unpaired) electrons. The number of aryl methyl sites for hydroxylation is 1. The number of nitrogens with one attached hydrogen (secondary N) is 1. The van der Waals surface area contributed by atoms with E-state index in [0.717, 1.165) is 10.6 Å². The van der Waals surface area contributed by atoms with Gasteiger partial charge < -0.3 is 0 Å². The van der Waals surface area contributed by atoms with Crippen molar-refractivity contribution in [2.24, 2.45) is 0 Å². The summed E-state index contributed by atoms with van der Waals surface area (Å²) in [5.74, 6) is 1.06. The number of nitrogens with zero attached hydrogens (tertiary/aromatic N) is 6. The molecule has 0 saturated carbocycles. The standard InChI is InChI=1S/C18H17N7OS/c1-10(2)12-4-6-13(7-5-12)16-22-23-18(27-16)21-15(26)14-8-9-19-17-20-11(3)24-25(14)17/h4-10H,1-3H3,(H,21,23,26). The summed E-state index contributed by atoms with van der Waals surface area (Å²) in [4.78, 5) is 20.9. The van der Waals surface area contributed by atoms with Crippen molar-refractivity contribution in [3.8, 4) is 10.6 Å². The topological polar surface area (TPSA) is 98.0 Å². The van der Waals surface area contributed by atoms with E-state index in [1.54, 1.807) is 13.0 Å². The summed E-state index contributed by atoms with van der Waals surface area (Å²) in [6, 6.07) is 9.79. The summed E-state index contributed by atoms with van der Waals surface area (Å²) in [6.45, 7) is 6.05. The third-order valence-electron chi connectivity index (χ3n) is 4.05. The highest BCUT2D eigenvalue weighted by Crippen LogP contribution is 2.28. The lowest BCUT2D eigenvalue weighted by Crippen LogP contribution is -2.16. The minimum atomic E-state index is -0.342. The fraction of sp³-hybridized carbons (Fsp3) is 0.222. The summed E-state index contributed by atoms with van der Waals surface area (Å²) in [7, 11) is 0. The van der Waals surface area contributed by atoms with Crippen molar-refractivity contribution in [1.82, 2.24) is 29.8 Å². The van der Waals surface area contributed by atoms with Gasteiger partial charge in [-0.15, -0.1) is 15.3 Å². The van der Waals surface area contributed by atoms with Crippen LogP contribution in [0, 0.1) is 6.92 Å². The number of amides is 1. The van der Waals surface area contributed by atoms with Gasteiger partial charge >= 0.3 is 0 Å². The normalized spacial score (nSPS) is 11.3. The zero-order valence-electron chi connectivity index (χ0n) is 15.0. The first-order valence-electron chi connectivity index (χ1n) is 8.45. The fourth-order valence-corrected chi connectivity index (χ4v) is 3.37. The molecule has 136 valence electrons. The molecule has 3 aromatic heterocycles. The predicted molar refractivity (Wildman–Crippen MR) is 103 cm³/mol. The van der Waals surface area contributed by atoms with Crippen LogP contribution < -0.4 is 5.32 Å². The van der Waals surface area contributed by atoms with Gasteiger partial charge in [-0.3, -0.25) is 10.1 Å². The van der Waals surface area contributed by atoms with Crippen LogP contribution in [-0.2, 0) is 0 Å². The first-order chi connectivity index (χ1) is 13.0. The molecule has 0 aliphatic heterocycles. The summed E-state index contributed by atoms with van der Waals surface area (Å²) in [6.07, 6.45) is 1.53. The van der Waals surface area contributed by atoms with Crippen LogP contribution in [0.5, 0.6) is 0 Å². The lowest BCUT2D eigenvalue weighted by atomic mass is 10.0. The second kappa shape index (κ2) is 6.84. The Balaban J connectivity index is 1.56. The van der Waals surface area contributed by atoms with E-state index in [9.17, 15) is 4.79 Å². The predicted octanol–water partition coefficient (Wildman–Crippen LogP) is 3.33. The van der Waals surface area contributed by atoms with Gasteiger partial charge in [-0.2, -0.15) is 9.50 Å². The van der Waals surface area contributed by atoms with E-state index in [1.165, 1.54) is 27.6 Å². The molecule has 9 heteroatoms. The van der Waals surface area contributed by atoms with Gasteiger partial charge in [0.25, 0.3) is 11.7 Å². The van der Waals surface area contributed by atoms with Crippen LogP contribution in [0.3, 0.4) is 0 Å². The van der Waals surface area contributed by atoms with Gasteiger partial charge in [0.2, 0.25) is 5.13 Å². The minimum absolute atomic E-state index is 0.332. The molecule has 0 aliphatic rings. The van der Waals surface area contributed by atoms with Crippen molar-refractivity contribution in [3.63, 3.8) is 0 Å². The Kier molecular flexibility index (Phi) is 4.36. The van der Waals surface area contributed by atoms with E-state index in [4.69, 9.17) is 0 Å². The summed E-state index contributed by atoms with van der Waals surface area (Å²) >= 11 is 1.32. The van der Waals surface area contributed by atoms with Crippen LogP contribution in [-0.4, -0.2) is 35.7 Å². The van der Waals surface area contributed by atoms with E-state index in [0.29, 0.717) is 28.3 Å². The Labute approximate surface area is 159 Å². The highest BCUT2D eigenvalue weighted by molar-refractivity contribution is 7.18. The Bertz CT molecular complexity index is 1110. The Hall–Kier alpha value is -3.20. The van der Waals surface area contributed by atoms with Crippen molar-refractivity contribution in [2.45, 2.75) is 26.7 Å². The molecule has 0 fully saturated rings. The molecule has 8 nitrogen and oxygen atoms in total. The van der Waals surface area contributed by atoms with Crippen molar-refractivity contribution in [3.05, 3.63) is 53.6 Å². The Morgan fingerprint density at radius 1 is 1.15 bits per heavy atom. The monoisotopic (exact) mass is 379 g/mol. The molecule has 4 rings (SSSR count). The van der Waals surface area contributed by atoms with Crippen molar-refractivity contribution < 1.29 is 4.79 Å². The molecule has 27 heavy (non-hydrogen) atoms. The molecule has 1 N–H and O–H groups in total. The lowest BCUT2D eigenvalue weighted by molar-refractivity contribution is 0.101. The number of hydrogen-bond acceptors (Lipinski definition) is 7. The fourth-order valence-electron chi connectivity index (χ4n) is 2.63. The Morgan fingerprint density at radius 2 is 1.93 bits per heavy atom. The highest BCUT2D eigenvalue weighted by atomic mass is 32.1. The van der Waals surface area contributed by atoms with Gasteiger partial charge in [0.15, 0.2) is 0 Å². The third kappa shape index (κ3) is 3.41. The number of hydrogen-bond donors (Lipinski definition) is 1. The summed E-state index contributed by atoms with van der Waals surface area (Å²) < 4.78 is 1.41. The number of fused-ring (bicyclic) bond motifs is 1. The van der Waals surface area contributed by atoms with E-state index >= 15 is 0 Å². The van der Waals surface area contributed by atoms with Crippen molar-refractivity contribution >= 4 is 28.2 Å².